The topological polar surface area (TPSA) is 20.2 Å². The molecule has 0 fully saturated rings. The van der Waals surface area contributed by atoms with Crippen LogP contribution in [0.1, 0.15) is 40.5 Å². The van der Waals surface area contributed by atoms with Gasteiger partial charge in [-0.1, -0.05) is 26.7 Å². The molecule has 0 aromatic carbocycles. The number of hydrogen-bond acceptors (Lipinski definition) is 1. The molecule has 0 radical (unpaired) electrons. The molecule has 0 saturated carbocycles. The van der Waals surface area contributed by atoms with E-state index >= 15 is 0 Å². The summed E-state index contributed by atoms with van der Waals surface area (Å²) in [5, 5.41) is 9.48. The van der Waals surface area contributed by atoms with Gasteiger partial charge in [0, 0.05) is 0 Å². The number of rotatable bonds is 3. The van der Waals surface area contributed by atoms with Crippen molar-refractivity contribution in [3.05, 3.63) is 0 Å². The van der Waals surface area contributed by atoms with Crippen LogP contribution in [0, 0.1) is 5.92 Å². The van der Waals surface area contributed by atoms with Gasteiger partial charge < -0.3 is 5.11 Å². The summed E-state index contributed by atoms with van der Waals surface area (Å²) in [7, 11) is 0. The Bertz CT molecular complexity index is 67.1. The van der Waals surface area contributed by atoms with Crippen molar-refractivity contribution in [2.45, 2.75) is 46.1 Å². The predicted octanol–water partition coefficient (Wildman–Crippen LogP) is 2.19. The molecule has 0 spiro atoms. The molecule has 0 heterocycles. The summed E-state index contributed by atoms with van der Waals surface area (Å²) in [5.74, 6) is 0.456. The molecule has 0 aliphatic rings. The molecule has 0 atom stereocenters. The standard InChI is InChI=1S/C8H18O/c1-5-7(6-2)8(3,4)9/h7,9H,5-6H2,1-4H3. The van der Waals surface area contributed by atoms with Crippen molar-refractivity contribution < 1.29 is 5.11 Å². The Morgan fingerprint density at radius 2 is 1.56 bits per heavy atom. The Morgan fingerprint density at radius 1 is 1.22 bits per heavy atom. The second-order valence-corrected chi connectivity index (χ2v) is 3.17. The monoisotopic (exact) mass is 130 g/mol. The maximum atomic E-state index is 9.48. The fourth-order valence-electron chi connectivity index (χ4n) is 1.29. The van der Waals surface area contributed by atoms with Gasteiger partial charge in [-0.05, 0) is 19.8 Å². The highest BCUT2D eigenvalue weighted by Gasteiger charge is 2.22. The van der Waals surface area contributed by atoms with Gasteiger partial charge in [0.2, 0.25) is 0 Å². The smallest absolute Gasteiger partial charge is 0.0619 e. The first-order valence-corrected chi connectivity index (χ1v) is 3.74. The van der Waals surface area contributed by atoms with Crippen molar-refractivity contribution in [1.82, 2.24) is 0 Å². The number of hydrogen-bond donors (Lipinski definition) is 1. The van der Waals surface area contributed by atoms with E-state index in [-0.39, 0.29) is 0 Å². The van der Waals surface area contributed by atoms with Crippen LogP contribution >= 0.6 is 0 Å². The van der Waals surface area contributed by atoms with Gasteiger partial charge in [-0.25, -0.2) is 0 Å². The van der Waals surface area contributed by atoms with E-state index in [1.54, 1.807) is 0 Å². The fourth-order valence-corrected chi connectivity index (χ4v) is 1.29. The zero-order chi connectivity index (χ0) is 7.49. The molecule has 0 saturated heterocycles. The van der Waals surface area contributed by atoms with E-state index in [0.717, 1.165) is 12.8 Å². The second-order valence-electron chi connectivity index (χ2n) is 3.17. The molecule has 1 N–H and O–H groups in total. The van der Waals surface area contributed by atoms with Gasteiger partial charge in [-0.3, -0.25) is 0 Å². The molecule has 0 aromatic heterocycles. The third-order valence-electron chi connectivity index (χ3n) is 1.98. The highest BCUT2D eigenvalue weighted by atomic mass is 16.3. The summed E-state index contributed by atoms with van der Waals surface area (Å²) < 4.78 is 0. The summed E-state index contributed by atoms with van der Waals surface area (Å²) in [6.45, 7) is 7.99. The van der Waals surface area contributed by atoms with Gasteiger partial charge in [0.25, 0.3) is 0 Å². The lowest BCUT2D eigenvalue weighted by Crippen LogP contribution is -2.29. The molecule has 0 amide bonds. The fraction of sp³-hybridized carbons (Fsp3) is 1.00. The van der Waals surface area contributed by atoms with E-state index in [4.69, 9.17) is 0 Å². The van der Waals surface area contributed by atoms with E-state index in [0.29, 0.717) is 5.92 Å². The molecule has 1 heteroatoms. The molecule has 56 valence electrons. The maximum Gasteiger partial charge on any atom is 0.0619 e. The van der Waals surface area contributed by atoms with E-state index in [1.807, 2.05) is 13.8 Å². The van der Waals surface area contributed by atoms with Crippen LogP contribution in [0.4, 0.5) is 0 Å². The molecular weight excluding hydrogens is 112 g/mol. The van der Waals surface area contributed by atoms with Crippen LogP contribution in [0.5, 0.6) is 0 Å². The second kappa shape index (κ2) is 3.21. The molecule has 0 bridgehead atoms. The first-order valence-electron chi connectivity index (χ1n) is 3.74. The quantitative estimate of drug-likeness (QED) is 0.621. The molecule has 0 unspecified atom stereocenters. The van der Waals surface area contributed by atoms with Crippen LogP contribution in [0.15, 0.2) is 0 Å². The molecule has 0 aromatic rings. The Morgan fingerprint density at radius 3 is 1.56 bits per heavy atom. The Hall–Kier alpha value is -0.0400. The Labute approximate surface area is 58.1 Å². The third kappa shape index (κ3) is 2.85. The molecular formula is C8H18O. The van der Waals surface area contributed by atoms with Crippen LogP contribution in [0.3, 0.4) is 0 Å². The minimum absolute atomic E-state index is 0.456. The Balaban J connectivity index is 3.79. The molecule has 0 aliphatic carbocycles. The van der Waals surface area contributed by atoms with Crippen LogP contribution in [-0.2, 0) is 0 Å². The third-order valence-corrected chi connectivity index (χ3v) is 1.98. The average Bonchev–Trinajstić information content (AvgIpc) is 1.65. The zero-order valence-corrected chi connectivity index (χ0v) is 6.94. The zero-order valence-electron chi connectivity index (χ0n) is 6.94. The summed E-state index contributed by atoms with van der Waals surface area (Å²) >= 11 is 0. The van der Waals surface area contributed by atoms with Crippen molar-refractivity contribution in [3.8, 4) is 0 Å². The van der Waals surface area contributed by atoms with Crippen LogP contribution in [0.2, 0.25) is 0 Å². The van der Waals surface area contributed by atoms with Crippen LogP contribution < -0.4 is 0 Å². The summed E-state index contributed by atoms with van der Waals surface area (Å²) in [5.41, 5.74) is -0.483. The van der Waals surface area contributed by atoms with Gasteiger partial charge in [-0.15, -0.1) is 0 Å². The van der Waals surface area contributed by atoms with E-state index in [1.165, 1.54) is 0 Å². The molecule has 1 nitrogen and oxygen atoms in total. The van der Waals surface area contributed by atoms with Gasteiger partial charge >= 0.3 is 0 Å². The van der Waals surface area contributed by atoms with Crippen molar-refractivity contribution >= 4 is 0 Å². The molecule has 9 heavy (non-hydrogen) atoms. The summed E-state index contributed by atoms with van der Waals surface area (Å²) in [6.07, 6.45) is 2.14. The normalized spacial score (nSPS) is 12.7. The van der Waals surface area contributed by atoms with Crippen LogP contribution in [0.25, 0.3) is 0 Å². The van der Waals surface area contributed by atoms with Crippen molar-refractivity contribution in [2.75, 3.05) is 0 Å². The lowest BCUT2D eigenvalue weighted by atomic mass is 9.87. The van der Waals surface area contributed by atoms with Gasteiger partial charge in [0.15, 0.2) is 0 Å². The summed E-state index contributed by atoms with van der Waals surface area (Å²) in [4.78, 5) is 0. The van der Waals surface area contributed by atoms with E-state index in [9.17, 15) is 5.11 Å². The first-order chi connectivity index (χ1) is 4.02. The van der Waals surface area contributed by atoms with Gasteiger partial charge in [0.05, 0.1) is 5.60 Å². The van der Waals surface area contributed by atoms with Gasteiger partial charge in [0.1, 0.15) is 0 Å². The SMILES string of the molecule is CCC(CC)C(C)(C)O. The highest BCUT2D eigenvalue weighted by Crippen LogP contribution is 2.22. The first kappa shape index (κ1) is 8.96. The lowest BCUT2D eigenvalue weighted by Gasteiger charge is -2.26. The molecule has 0 aliphatic heterocycles. The predicted molar refractivity (Wildman–Crippen MR) is 40.4 cm³/mol. The lowest BCUT2D eigenvalue weighted by molar-refractivity contribution is 0.0136. The van der Waals surface area contributed by atoms with Crippen molar-refractivity contribution in [3.63, 3.8) is 0 Å². The average molecular weight is 130 g/mol. The molecule has 0 rings (SSSR count). The summed E-state index contributed by atoms with van der Waals surface area (Å²) in [6, 6.07) is 0. The van der Waals surface area contributed by atoms with Crippen LogP contribution in [-0.4, -0.2) is 10.7 Å². The Kier molecular flexibility index (Phi) is 3.20. The van der Waals surface area contributed by atoms with Gasteiger partial charge in [-0.2, -0.15) is 0 Å². The van der Waals surface area contributed by atoms with Crippen molar-refractivity contribution in [1.29, 1.82) is 0 Å². The highest BCUT2D eigenvalue weighted by molar-refractivity contribution is 4.74. The van der Waals surface area contributed by atoms with E-state index < -0.39 is 5.60 Å². The minimum Gasteiger partial charge on any atom is -0.390 e. The minimum atomic E-state index is -0.483. The van der Waals surface area contributed by atoms with Crippen molar-refractivity contribution in [2.24, 2.45) is 5.92 Å². The largest absolute Gasteiger partial charge is 0.390 e. The number of aliphatic hydroxyl groups is 1. The van der Waals surface area contributed by atoms with E-state index in [2.05, 4.69) is 13.8 Å². The maximum absolute atomic E-state index is 9.48.